The van der Waals surface area contributed by atoms with Crippen LogP contribution in [0.2, 0.25) is 0 Å². The van der Waals surface area contributed by atoms with Crippen molar-refractivity contribution < 1.29 is 38.3 Å². The van der Waals surface area contributed by atoms with E-state index in [0.717, 1.165) is 43.2 Å². The van der Waals surface area contributed by atoms with Crippen LogP contribution >= 0.6 is 0 Å². The number of benzene rings is 3. The molecular weight excluding hydrogens is 877 g/mol. The summed E-state index contributed by atoms with van der Waals surface area (Å²) >= 11 is 0. The molecule has 4 amide bonds. The Labute approximate surface area is 402 Å². The first-order valence-corrected chi connectivity index (χ1v) is 23.5. The SMILES string of the molecule is C=C/C=C(\C=NC)C(C(=O)NCc1ccccc1)N(C(=O)C1=NOC2OCCC12)c1ccc(CN=C/C(=C\C=C)C(C(=O)NC2CCCCC2)N(C(=O)C2=NOC3OCCC23)c2ccccc2)cc1. The Morgan fingerprint density at radius 3 is 1.78 bits per heavy atom. The van der Waals surface area contributed by atoms with Crippen LogP contribution < -0.4 is 20.4 Å². The van der Waals surface area contributed by atoms with Crippen LogP contribution in [-0.2, 0) is 51.4 Å². The van der Waals surface area contributed by atoms with Crippen molar-refractivity contribution in [1.29, 1.82) is 0 Å². The van der Waals surface area contributed by atoms with Crippen LogP contribution in [0, 0.1) is 11.8 Å². The average molecular weight is 935 g/mol. The number of carbonyl (C=O) groups is 4. The summed E-state index contributed by atoms with van der Waals surface area (Å²) < 4.78 is 11.4. The minimum atomic E-state index is -1.21. The zero-order valence-electron chi connectivity index (χ0n) is 38.7. The molecule has 8 rings (SSSR count). The first kappa shape index (κ1) is 48.2. The van der Waals surface area contributed by atoms with Gasteiger partial charge in [0.25, 0.3) is 11.8 Å². The highest BCUT2D eigenvalue weighted by atomic mass is 16.8. The fraction of sp³-hybridized carbons (Fsp3) is 0.358. The molecule has 2 N–H and O–H groups in total. The summed E-state index contributed by atoms with van der Waals surface area (Å²) in [6.07, 6.45) is 14.1. The Balaban J connectivity index is 1.11. The summed E-state index contributed by atoms with van der Waals surface area (Å²) in [5, 5.41) is 14.6. The number of nitrogens with zero attached hydrogens (tertiary/aromatic N) is 6. The molecular formula is C53H58N8O8. The fourth-order valence-electron chi connectivity index (χ4n) is 9.31. The van der Waals surface area contributed by atoms with E-state index in [0.29, 0.717) is 48.6 Å². The molecule has 16 heteroatoms. The number of amides is 4. The Morgan fingerprint density at radius 2 is 1.22 bits per heavy atom. The minimum Gasteiger partial charge on any atom is -0.362 e. The van der Waals surface area contributed by atoms with Crippen LogP contribution in [0.5, 0.6) is 0 Å². The van der Waals surface area contributed by atoms with Crippen LogP contribution in [0.3, 0.4) is 0 Å². The Hall–Kier alpha value is -7.30. The van der Waals surface area contributed by atoms with Crippen molar-refractivity contribution in [3.63, 3.8) is 0 Å². The fourth-order valence-corrected chi connectivity index (χ4v) is 9.31. The van der Waals surface area contributed by atoms with Crippen LogP contribution in [0.25, 0.3) is 0 Å². The topological polar surface area (TPSA) is 185 Å². The Morgan fingerprint density at radius 1 is 0.681 bits per heavy atom. The van der Waals surface area contributed by atoms with Gasteiger partial charge in [0, 0.05) is 54.6 Å². The second kappa shape index (κ2) is 23.1. The van der Waals surface area contributed by atoms with Crippen molar-refractivity contribution in [2.24, 2.45) is 32.1 Å². The largest absolute Gasteiger partial charge is 0.362 e. The first-order valence-electron chi connectivity index (χ1n) is 23.5. The lowest BCUT2D eigenvalue weighted by Gasteiger charge is -2.34. The van der Waals surface area contributed by atoms with E-state index in [1.807, 2.05) is 60.7 Å². The number of hydrogen-bond donors (Lipinski definition) is 2. The number of allylic oxidation sites excluding steroid dienone is 4. The molecule has 16 nitrogen and oxygen atoms in total. The van der Waals surface area contributed by atoms with Gasteiger partial charge in [-0.05, 0) is 61.1 Å². The third-order valence-electron chi connectivity index (χ3n) is 12.7. The number of anilines is 2. The molecule has 1 saturated carbocycles. The average Bonchev–Trinajstić information content (AvgIpc) is 4.20. The summed E-state index contributed by atoms with van der Waals surface area (Å²) in [6.45, 7) is 9.02. The molecule has 6 atom stereocenters. The van der Waals surface area contributed by atoms with Gasteiger partial charge < -0.3 is 29.8 Å². The van der Waals surface area contributed by atoms with Gasteiger partial charge in [0.05, 0.1) is 31.6 Å². The number of fused-ring (bicyclic) bond motifs is 2. The van der Waals surface area contributed by atoms with Crippen LogP contribution in [0.4, 0.5) is 11.4 Å². The van der Waals surface area contributed by atoms with E-state index in [2.05, 4.69) is 39.1 Å². The number of aliphatic imine (C=N–C) groups is 2. The smallest absolute Gasteiger partial charge is 0.277 e. The second-order valence-corrected chi connectivity index (χ2v) is 17.3. The zero-order chi connectivity index (χ0) is 48.1. The van der Waals surface area contributed by atoms with Gasteiger partial charge in [-0.25, -0.2) is 0 Å². The number of carbonyl (C=O) groups excluding carboxylic acids is 4. The molecule has 1 aliphatic carbocycles. The van der Waals surface area contributed by atoms with E-state index in [1.165, 1.54) is 16.0 Å². The first-order chi connectivity index (χ1) is 33.8. The highest BCUT2D eigenvalue weighted by molar-refractivity contribution is 6.46. The van der Waals surface area contributed by atoms with Gasteiger partial charge in [-0.2, -0.15) is 0 Å². The van der Waals surface area contributed by atoms with Gasteiger partial charge in [0.15, 0.2) is 11.4 Å². The highest BCUT2D eigenvalue weighted by Crippen LogP contribution is 2.34. The maximum absolute atomic E-state index is 14.9. The van der Waals surface area contributed by atoms with E-state index in [-0.39, 0.29) is 42.4 Å². The Kier molecular flexibility index (Phi) is 16.2. The number of para-hydroxylation sites is 1. The molecule has 2 saturated heterocycles. The molecule has 3 aromatic carbocycles. The van der Waals surface area contributed by atoms with Gasteiger partial charge in [-0.15, -0.1) is 0 Å². The van der Waals surface area contributed by atoms with E-state index in [4.69, 9.17) is 24.1 Å². The van der Waals surface area contributed by atoms with E-state index in [9.17, 15) is 19.2 Å². The van der Waals surface area contributed by atoms with Crippen LogP contribution in [0.15, 0.2) is 154 Å². The lowest BCUT2D eigenvalue weighted by molar-refractivity contribution is -0.124. The lowest BCUT2D eigenvalue weighted by atomic mass is 9.94. The van der Waals surface area contributed by atoms with E-state index >= 15 is 0 Å². The van der Waals surface area contributed by atoms with Crippen LogP contribution in [-0.4, -0.2) is 98.4 Å². The van der Waals surface area contributed by atoms with E-state index < -0.39 is 48.3 Å². The highest BCUT2D eigenvalue weighted by Gasteiger charge is 2.48. The van der Waals surface area contributed by atoms with E-state index in [1.54, 1.807) is 61.8 Å². The summed E-state index contributed by atoms with van der Waals surface area (Å²) in [4.78, 5) is 81.9. The van der Waals surface area contributed by atoms with Gasteiger partial charge in [-0.3, -0.25) is 39.0 Å². The third kappa shape index (κ3) is 11.2. The number of nitrogens with one attached hydrogen (secondary N) is 2. The molecule has 3 aromatic rings. The lowest BCUT2D eigenvalue weighted by Crippen LogP contribution is -2.55. The predicted octanol–water partition coefficient (Wildman–Crippen LogP) is 6.55. The molecule has 4 heterocycles. The molecule has 69 heavy (non-hydrogen) atoms. The van der Waals surface area contributed by atoms with Crippen LogP contribution in [0.1, 0.15) is 56.1 Å². The van der Waals surface area contributed by atoms with Crippen molar-refractivity contribution in [3.8, 4) is 0 Å². The Bertz CT molecular complexity index is 2530. The summed E-state index contributed by atoms with van der Waals surface area (Å²) in [5.74, 6) is -2.62. The molecule has 4 aliphatic heterocycles. The quantitative estimate of drug-likeness (QED) is 0.100. The molecule has 0 bridgehead atoms. The van der Waals surface area contributed by atoms with Crippen molar-refractivity contribution in [1.82, 2.24) is 10.6 Å². The third-order valence-corrected chi connectivity index (χ3v) is 12.7. The minimum absolute atomic E-state index is 0.0542. The zero-order valence-corrected chi connectivity index (χ0v) is 38.7. The monoisotopic (exact) mass is 934 g/mol. The number of ether oxygens (including phenoxy) is 2. The standard InChI is InChI=1S/C53H58N8O8/c1-4-15-37(33-54-3)46(48(62)56-32-35-17-9-6-10-18-35)61(51(65)45-43-28-30-67-53(43)69-59-45)41-25-23-36(24-26-41)31-55-34-38(16-5-2)47(49(63)57-39-19-11-7-12-20-39)60(40-21-13-8-14-22-40)50(64)44-42-27-29-66-52(42)68-58-44/h4-6,8-10,13-18,21-26,33-34,39,42-43,46-47,52-53H,1-2,7,11-12,19-20,27-32H2,3H3,(H,56,62)(H,57,63)/b37-15+,38-16+,54-33?,55-34?. The van der Waals surface area contributed by atoms with Gasteiger partial charge in [-0.1, -0.05) is 128 Å². The molecule has 3 fully saturated rings. The van der Waals surface area contributed by atoms with Crippen molar-refractivity contribution in [3.05, 3.63) is 145 Å². The summed E-state index contributed by atoms with van der Waals surface area (Å²) in [7, 11) is 1.59. The number of hydrogen-bond acceptors (Lipinski definition) is 12. The maximum Gasteiger partial charge on any atom is 0.277 e. The summed E-state index contributed by atoms with van der Waals surface area (Å²) in [6, 6.07) is 23.2. The molecule has 0 radical (unpaired) electrons. The molecule has 6 unspecified atom stereocenters. The second-order valence-electron chi connectivity index (χ2n) is 17.3. The maximum atomic E-state index is 14.9. The normalized spacial score (nSPS) is 22.1. The molecule has 5 aliphatic rings. The molecule has 0 spiro atoms. The predicted molar refractivity (Wildman–Crippen MR) is 265 cm³/mol. The summed E-state index contributed by atoms with van der Waals surface area (Å²) in [5.41, 5.74) is 3.68. The molecule has 0 aromatic heterocycles. The van der Waals surface area contributed by atoms with Crippen molar-refractivity contribution in [2.75, 3.05) is 30.1 Å². The number of rotatable bonds is 19. The van der Waals surface area contributed by atoms with Crippen molar-refractivity contribution in [2.45, 2.75) is 88.7 Å². The van der Waals surface area contributed by atoms with Gasteiger partial charge >= 0.3 is 0 Å². The number of oxime groups is 2. The van der Waals surface area contributed by atoms with Gasteiger partial charge in [0.1, 0.15) is 12.1 Å². The van der Waals surface area contributed by atoms with Crippen molar-refractivity contribution >= 4 is 58.9 Å². The molecule has 358 valence electrons. The van der Waals surface area contributed by atoms with Gasteiger partial charge in [0.2, 0.25) is 24.4 Å².